The van der Waals surface area contributed by atoms with E-state index in [1.165, 1.54) is 4.68 Å². The van der Waals surface area contributed by atoms with Crippen LogP contribution in [0, 0.1) is 13.8 Å². The second-order valence-corrected chi connectivity index (χ2v) is 8.81. The van der Waals surface area contributed by atoms with Crippen molar-refractivity contribution in [1.29, 1.82) is 0 Å². The number of nitrogens with zero attached hydrogens (tertiary/aromatic N) is 4. The van der Waals surface area contributed by atoms with Crippen molar-refractivity contribution in [1.82, 2.24) is 9.78 Å². The Hall–Kier alpha value is -4.72. The predicted octanol–water partition coefficient (Wildman–Crippen LogP) is 3.36. The molecule has 0 spiro atoms. The van der Waals surface area contributed by atoms with Crippen LogP contribution >= 0.6 is 0 Å². The van der Waals surface area contributed by atoms with Gasteiger partial charge in [0.2, 0.25) is 0 Å². The van der Waals surface area contributed by atoms with Gasteiger partial charge in [-0.25, -0.2) is 9.58 Å². The van der Waals surface area contributed by atoms with Gasteiger partial charge in [0.1, 0.15) is 11.3 Å². The van der Waals surface area contributed by atoms with Gasteiger partial charge in [0.05, 0.1) is 24.2 Å². The molecule has 0 saturated heterocycles. The third kappa shape index (κ3) is 3.96. The number of ether oxygens (including phenoxy) is 1. The summed E-state index contributed by atoms with van der Waals surface area (Å²) in [6.45, 7) is 5.76. The molecule has 37 heavy (non-hydrogen) atoms. The molecule has 0 fully saturated rings. The molecule has 2 amide bonds. The summed E-state index contributed by atoms with van der Waals surface area (Å²) in [4.78, 5) is 29.0. The van der Waals surface area contributed by atoms with Crippen molar-refractivity contribution in [3.8, 4) is 17.3 Å². The minimum Gasteiger partial charge on any atom is -0.858 e. The Morgan fingerprint density at radius 1 is 0.919 bits per heavy atom. The number of benzene rings is 2. The number of amides is 2. The number of aromatic nitrogens is 3. The van der Waals surface area contributed by atoms with Crippen molar-refractivity contribution < 1.29 is 24.0 Å². The Morgan fingerprint density at radius 3 is 2.24 bits per heavy atom. The summed E-state index contributed by atoms with van der Waals surface area (Å²) < 4.78 is 8.14. The minimum absolute atomic E-state index is 0.0399. The van der Waals surface area contributed by atoms with Crippen LogP contribution in [0.15, 0.2) is 73.1 Å². The summed E-state index contributed by atoms with van der Waals surface area (Å²) in [6, 6.07) is 17.6. The molecule has 8 heteroatoms. The third-order valence-corrected chi connectivity index (χ3v) is 6.59. The average molecular weight is 495 g/mol. The molecule has 0 saturated carbocycles. The first-order valence-electron chi connectivity index (χ1n) is 12.0. The molecule has 0 unspecified atom stereocenters. The zero-order valence-corrected chi connectivity index (χ0v) is 21.1. The van der Waals surface area contributed by atoms with Gasteiger partial charge in [0.25, 0.3) is 11.6 Å². The molecular formula is C29H26N4O4. The maximum Gasteiger partial charge on any atom is 0.331 e. The normalized spacial score (nSPS) is 13.6. The van der Waals surface area contributed by atoms with Crippen LogP contribution < -0.4 is 19.3 Å². The van der Waals surface area contributed by atoms with Gasteiger partial charge in [-0.05, 0) is 68.1 Å². The smallest absolute Gasteiger partial charge is 0.331 e. The van der Waals surface area contributed by atoms with Crippen LogP contribution in [-0.2, 0) is 16.0 Å². The molecule has 1 aliphatic rings. The summed E-state index contributed by atoms with van der Waals surface area (Å²) in [5, 5.41) is 18.3. The van der Waals surface area contributed by atoms with Crippen molar-refractivity contribution in [3.63, 3.8) is 0 Å². The van der Waals surface area contributed by atoms with Crippen LogP contribution in [0.1, 0.15) is 29.3 Å². The highest BCUT2D eigenvalue weighted by atomic mass is 16.5. The number of aryl methyl sites for hydroxylation is 3. The number of hydrogen-bond acceptors (Lipinski definition) is 5. The van der Waals surface area contributed by atoms with Crippen LogP contribution in [0.5, 0.6) is 11.6 Å². The molecule has 0 radical (unpaired) electrons. The highest BCUT2D eigenvalue weighted by Gasteiger charge is 2.47. The zero-order valence-electron chi connectivity index (χ0n) is 21.1. The highest BCUT2D eigenvalue weighted by Crippen LogP contribution is 2.39. The van der Waals surface area contributed by atoms with Gasteiger partial charge >= 0.3 is 5.91 Å². The molecule has 5 rings (SSSR count). The number of hydrogen-bond donors (Lipinski definition) is 0. The lowest BCUT2D eigenvalue weighted by molar-refractivity contribution is -0.577. The van der Waals surface area contributed by atoms with E-state index in [2.05, 4.69) is 5.10 Å². The molecule has 8 nitrogen and oxygen atoms in total. The summed E-state index contributed by atoms with van der Waals surface area (Å²) in [6.07, 6.45) is 3.94. The summed E-state index contributed by atoms with van der Waals surface area (Å²) in [5.74, 6) is -0.945. The van der Waals surface area contributed by atoms with E-state index in [0.29, 0.717) is 29.2 Å². The number of carbonyl (C=O) groups is 2. The molecule has 0 atom stereocenters. The Kier molecular flexibility index (Phi) is 6.09. The maximum absolute atomic E-state index is 14.0. The molecule has 3 heterocycles. The van der Waals surface area contributed by atoms with Gasteiger partial charge < -0.3 is 9.84 Å². The van der Waals surface area contributed by atoms with E-state index < -0.39 is 17.7 Å². The first-order valence-corrected chi connectivity index (χ1v) is 12.0. The second kappa shape index (κ2) is 9.39. The number of carbonyl (C=O) groups excluding carboxylic acids is 2. The number of para-hydroxylation sites is 1. The fraction of sp³-hybridized carbons (Fsp3) is 0.172. The van der Waals surface area contributed by atoms with Crippen LogP contribution in [0.2, 0.25) is 0 Å². The number of anilines is 1. The largest absolute Gasteiger partial charge is 0.858 e. The summed E-state index contributed by atoms with van der Waals surface area (Å²) >= 11 is 0. The van der Waals surface area contributed by atoms with Gasteiger partial charge in [-0.1, -0.05) is 25.1 Å². The van der Waals surface area contributed by atoms with E-state index in [1.807, 2.05) is 45.0 Å². The van der Waals surface area contributed by atoms with E-state index in [1.54, 1.807) is 60.5 Å². The Balaban J connectivity index is 1.76. The molecule has 0 N–H and O–H groups in total. The number of methoxy groups -OCH3 is 1. The Morgan fingerprint density at radius 2 is 1.62 bits per heavy atom. The number of rotatable bonds is 6. The number of imide groups is 1. The van der Waals surface area contributed by atoms with Crippen molar-refractivity contribution in [2.75, 3.05) is 12.0 Å². The maximum atomic E-state index is 14.0. The molecule has 2 aromatic carbocycles. The van der Waals surface area contributed by atoms with E-state index in [9.17, 15) is 14.7 Å². The van der Waals surface area contributed by atoms with Crippen molar-refractivity contribution in [3.05, 3.63) is 95.4 Å². The molecule has 2 aromatic heterocycles. The predicted molar refractivity (Wildman–Crippen MR) is 137 cm³/mol. The van der Waals surface area contributed by atoms with Gasteiger partial charge in [0, 0.05) is 17.2 Å². The topological polar surface area (TPSA) is 91.4 Å². The lowest BCUT2D eigenvalue weighted by Crippen LogP contribution is -2.40. The van der Waals surface area contributed by atoms with E-state index in [-0.39, 0.29) is 16.8 Å². The minimum atomic E-state index is -0.574. The fourth-order valence-corrected chi connectivity index (χ4v) is 4.45. The first-order chi connectivity index (χ1) is 17.8. The monoisotopic (exact) mass is 494 g/mol. The molecule has 4 aromatic rings. The second-order valence-electron chi connectivity index (χ2n) is 8.81. The van der Waals surface area contributed by atoms with E-state index >= 15 is 0 Å². The Labute approximate surface area is 214 Å². The standard InChI is InChI=1S/C29H26N4O4/c1-5-23-24(28(35)33(30-23)21-9-7-6-8-10-21)25-26(31-16-15-18(2)19(3)17-31)29(36)32(27(25)34)20-11-13-22(37-4)14-12-20/h6-17H,5H2,1-4H3. The molecular weight excluding hydrogens is 468 g/mol. The number of pyridine rings is 1. The SMILES string of the molecule is CCc1nn(-c2ccccc2)c([O-])c1C1=C([n+]2ccc(C)c(C)c2)C(=O)N(c2ccc(OC)cc2)C1=O. The van der Waals surface area contributed by atoms with Crippen LogP contribution in [0.25, 0.3) is 17.0 Å². The lowest BCUT2D eigenvalue weighted by Gasteiger charge is -2.16. The van der Waals surface area contributed by atoms with Crippen molar-refractivity contribution in [2.24, 2.45) is 0 Å². The zero-order chi connectivity index (χ0) is 26.3. The van der Waals surface area contributed by atoms with Gasteiger partial charge in [-0.3, -0.25) is 9.59 Å². The van der Waals surface area contributed by atoms with Crippen LogP contribution in [0.3, 0.4) is 0 Å². The molecule has 186 valence electrons. The van der Waals surface area contributed by atoms with Crippen LogP contribution in [0.4, 0.5) is 5.69 Å². The van der Waals surface area contributed by atoms with Crippen LogP contribution in [-0.4, -0.2) is 28.7 Å². The van der Waals surface area contributed by atoms with Gasteiger partial charge in [-0.15, -0.1) is 0 Å². The van der Waals surface area contributed by atoms with Crippen molar-refractivity contribution >= 4 is 28.8 Å². The lowest BCUT2D eigenvalue weighted by atomic mass is 10.0. The first kappa shape index (κ1) is 24.0. The highest BCUT2D eigenvalue weighted by molar-refractivity contribution is 6.53. The molecule has 1 aliphatic heterocycles. The van der Waals surface area contributed by atoms with E-state index in [4.69, 9.17) is 4.74 Å². The quantitative estimate of drug-likeness (QED) is 0.303. The average Bonchev–Trinajstić information content (AvgIpc) is 3.38. The molecule has 0 bridgehead atoms. The van der Waals surface area contributed by atoms with E-state index in [0.717, 1.165) is 16.0 Å². The summed E-state index contributed by atoms with van der Waals surface area (Å²) in [7, 11) is 1.54. The van der Waals surface area contributed by atoms with Crippen molar-refractivity contribution in [2.45, 2.75) is 27.2 Å². The summed E-state index contributed by atoms with van der Waals surface area (Å²) in [5.41, 5.74) is 3.69. The van der Waals surface area contributed by atoms with Gasteiger partial charge in [-0.2, -0.15) is 9.67 Å². The third-order valence-electron chi connectivity index (χ3n) is 6.59. The Bertz CT molecular complexity index is 1550. The molecule has 0 aliphatic carbocycles. The fourth-order valence-electron chi connectivity index (χ4n) is 4.45. The van der Waals surface area contributed by atoms with Gasteiger partial charge in [0.15, 0.2) is 12.4 Å².